The lowest BCUT2D eigenvalue weighted by Gasteiger charge is -2.22. The van der Waals surface area contributed by atoms with E-state index in [1.54, 1.807) is 13.3 Å². The van der Waals surface area contributed by atoms with E-state index in [1.807, 2.05) is 30.9 Å². The van der Waals surface area contributed by atoms with Gasteiger partial charge in [0.05, 0.1) is 18.8 Å². The maximum atomic E-state index is 5.50. The van der Waals surface area contributed by atoms with Gasteiger partial charge in [0, 0.05) is 58.3 Å². The van der Waals surface area contributed by atoms with Gasteiger partial charge >= 0.3 is 0 Å². The van der Waals surface area contributed by atoms with Gasteiger partial charge in [-0.3, -0.25) is 4.68 Å². The molecular weight excluding hydrogens is 368 g/mol. The molecule has 0 unspecified atom stereocenters. The molecule has 29 heavy (non-hydrogen) atoms. The summed E-state index contributed by atoms with van der Waals surface area (Å²) in [5.74, 6) is 1.83. The molecule has 0 fully saturated rings. The van der Waals surface area contributed by atoms with Crippen molar-refractivity contribution in [1.82, 2.24) is 25.0 Å². The maximum absolute atomic E-state index is 5.50. The summed E-state index contributed by atoms with van der Waals surface area (Å²) in [5, 5.41) is 7.96. The molecule has 1 N–H and O–H groups in total. The van der Waals surface area contributed by atoms with Crippen LogP contribution in [-0.2, 0) is 24.9 Å². The Hall–Kier alpha value is -2.61. The summed E-state index contributed by atoms with van der Waals surface area (Å²) in [4.78, 5) is 11.2. The first-order chi connectivity index (χ1) is 13.9. The van der Waals surface area contributed by atoms with E-state index in [0.29, 0.717) is 31.6 Å². The largest absolute Gasteiger partial charge is 0.475 e. The van der Waals surface area contributed by atoms with Crippen LogP contribution in [0.5, 0.6) is 5.88 Å². The fourth-order valence-electron chi connectivity index (χ4n) is 2.95. The highest BCUT2D eigenvalue weighted by atomic mass is 16.5. The Morgan fingerprint density at radius 3 is 2.72 bits per heavy atom. The van der Waals surface area contributed by atoms with Gasteiger partial charge in [0.1, 0.15) is 6.61 Å². The Morgan fingerprint density at radius 2 is 2.10 bits per heavy atom. The molecule has 0 amide bonds. The van der Waals surface area contributed by atoms with Crippen LogP contribution in [0.4, 0.5) is 0 Å². The number of hydrogen-bond acceptors (Lipinski definition) is 5. The van der Waals surface area contributed by atoms with Crippen LogP contribution in [-0.4, -0.2) is 59.5 Å². The van der Waals surface area contributed by atoms with Crippen LogP contribution in [0.25, 0.3) is 0 Å². The molecule has 0 saturated carbocycles. The number of ether oxygens (including phenoxy) is 2. The molecule has 8 heteroatoms. The summed E-state index contributed by atoms with van der Waals surface area (Å²) in [5.41, 5.74) is 3.37. The summed E-state index contributed by atoms with van der Waals surface area (Å²) < 4.78 is 12.4. The van der Waals surface area contributed by atoms with E-state index in [9.17, 15) is 0 Å². The number of rotatable bonds is 10. The molecule has 0 aliphatic rings. The van der Waals surface area contributed by atoms with E-state index >= 15 is 0 Å². The van der Waals surface area contributed by atoms with E-state index in [1.165, 1.54) is 5.56 Å². The minimum Gasteiger partial charge on any atom is -0.475 e. The predicted molar refractivity (Wildman–Crippen MR) is 115 cm³/mol. The highest BCUT2D eigenvalue weighted by molar-refractivity contribution is 5.79. The van der Waals surface area contributed by atoms with Crippen molar-refractivity contribution in [2.24, 2.45) is 12.0 Å². The summed E-state index contributed by atoms with van der Waals surface area (Å²) >= 11 is 0. The minimum absolute atomic E-state index is 0.384. The zero-order chi connectivity index (χ0) is 21.2. The first-order valence-electron chi connectivity index (χ1n) is 10.0. The summed E-state index contributed by atoms with van der Waals surface area (Å²) in [6, 6.07) is 3.85. The molecule has 2 rings (SSSR count). The molecule has 0 spiro atoms. The van der Waals surface area contributed by atoms with E-state index in [2.05, 4.69) is 47.3 Å². The second-order valence-corrected chi connectivity index (χ2v) is 7.24. The average Bonchev–Trinajstić information content (AvgIpc) is 3.06. The number of guanidine groups is 1. The van der Waals surface area contributed by atoms with Gasteiger partial charge in [-0.25, -0.2) is 9.98 Å². The number of aromatic nitrogens is 3. The fraction of sp³-hybridized carbons (Fsp3) is 0.571. The summed E-state index contributed by atoms with van der Waals surface area (Å²) in [6.45, 7) is 9.53. The quantitative estimate of drug-likeness (QED) is 0.374. The van der Waals surface area contributed by atoms with Gasteiger partial charge in [-0.2, -0.15) is 5.10 Å². The van der Waals surface area contributed by atoms with Crippen LogP contribution in [0.1, 0.15) is 43.5 Å². The Morgan fingerprint density at radius 1 is 1.31 bits per heavy atom. The molecule has 0 aliphatic carbocycles. The Labute approximate surface area is 173 Å². The van der Waals surface area contributed by atoms with Crippen LogP contribution in [0.2, 0.25) is 0 Å². The minimum atomic E-state index is 0.384. The number of nitrogens with one attached hydrogen (secondary N) is 1. The zero-order valence-corrected chi connectivity index (χ0v) is 18.5. The third-order valence-electron chi connectivity index (χ3n) is 4.33. The molecule has 0 aliphatic heterocycles. The van der Waals surface area contributed by atoms with Gasteiger partial charge in [0.15, 0.2) is 5.96 Å². The van der Waals surface area contributed by atoms with Gasteiger partial charge in [-0.1, -0.05) is 19.9 Å². The molecule has 0 atom stereocenters. The van der Waals surface area contributed by atoms with Crippen LogP contribution < -0.4 is 10.1 Å². The Bertz CT molecular complexity index is 770. The SMILES string of the molecule is CCNC(=NCc1ccc(OCCOC)nc1)N(C)Cc1cn(C)nc1C(C)C. The van der Waals surface area contributed by atoms with Gasteiger partial charge in [0.2, 0.25) is 5.88 Å². The number of hydrogen-bond donors (Lipinski definition) is 1. The molecule has 8 nitrogen and oxygen atoms in total. The third kappa shape index (κ3) is 7.05. The fourth-order valence-corrected chi connectivity index (χ4v) is 2.95. The molecule has 0 aromatic carbocycles. The highest BCUT2D eigenvalue weighted by Crippen LogP contribution is 2.18. The highest BCUT2D eigenvalue weighted by Gasteiger charge is 2.15. The monoisotopic (exact) mass is 402 g/mol. The standard InChI is InChI=1S/C21H34N6O2/c1-7-22-21(26(4)14-18-15-27(5)25-20(18)16(2)3)24-13-17-8-9-19(23-12-17)29-11-10-28-6/h8-9,12,15-16H,7,10-11,13-14H2,1-6H3,(H,22,24). The van der Waals surface area contributed by atoms with Gasteiger partial charge in [0.25, 0.3) is 0 Å². The number of aryl methyl sites for hydroxylation is 1. The number of methoxy groups -OCH3 is 1. The van der Waals surface area contributed by atoms with Crippen molar-refractivity contribution < 1.29 is 9.47 Å². The normalized spacial score (nSPS) is 11.8. The van der Waals surface area contributed by atoms with Gasteiger partial charge in [-0.15, -0.1) is 0 Å². The molecule has 2 aromatic rings. The van der Waals surface area contributed by atoms with Crippen molar-refractivity contribution in [2.45, 2.75) is 39.8 Å². The number of nitrogens with zero attached hydrogens (tertiary/aromatic N) is 5. The molecule has 2 heterocycles. The van der Waals surface area contributed by atoms with Gasteiger partial charge < -0.3 is 19.7 Å². The van der Waals surface area contributed by atoms with Crippen LogP contribution in [0, 0.1) is 0 Å². The lowest BCUT2D eigenvalue weighted by molar-refractivity contribution is 0.143. The molecule has 0 saturated heterocycles. The van der Waals surface area contributed by atoms with E-state index in [0.717, 1.165) is 30.3 Å². The second kappa shape index (κ2) is 11.4. The van der Waals surface area contributed by atoms with Crippen molar-refractivity contribution in [3.63, 3.8) is 0 Å². The molecule has 0 radical (unpaired) electrons. The second-order valence-electron chi connectivity index (χ2n) is 7.24. The van der Waals surface area contributed by atoms with Crippen molar-refractivity contribution in [3.8, 4) is 5.88 Å². The summed E-state index contributed by atoms with van der Waals surface area (Å²) in [7, 11) is 5.66. The summed E-state index contributed by atoms with van der Waals surface area (Å²) in [6.07, 6.45) is 3.88. The van der Waals surface area contributed by atoms with E-state index in [-0.39, 0.29) is 0 Å². The van der Waals surface area contributed by atoms with E-state index < -0.39 is 0 Å². The third-order valence-corrected chi connectivity index (χ3v) is 4.33. The maximum Gasteiger partial charge on any atom is 0.213 e. The number of aliphatic imine (C=N–C) groups is 1. The average molecular weight is 403 g/mol. The lowest BCUT2D eigenvalue weighted by atomic mass is 10.1. The first-order valence-corrected chi connectivity index (χ1v) is 10.0. The number of pyridine rings is 1. The van der Waals surface area contributed by atoms with Crippen molar-refractivity contribution in [3.05, 3.63) is 41.3 Å². The van der Waals surface area contributed by atoms with Crippen LogP contribution in [0.3, 0.4) is 0 Å². The van der Waals surface area contributed by atoms with Crippen LogP contribution in [0.15, 0.2) is 29.5 Å². The lowest BCUT2D eigenvalue weighted by Crippen LogP contribution is -2.38. The Kier molecular flexibility index (Phi) is 8.92. The van der Waals surface area contributed by atoms with Crippen LogP contribution >= 0.6 is 0 Å². The molecule has 2 aromatic heterocycles. The van der Waals surface area contributed by atoms with Crippen molar-refractivity contribution in [1.29, 1.82) is 0 Å². The predicted octanol–water partition coefficient (Wildman–Crippen LogP) is 2.56. The smallest absolute Gasteiger partial charge is 0.213 e. The topological polar surface area (TPSA) is 76.8 Å². The molecule has 0 bridgehead atoms. The van der Waals surface area contributed by atoms with E-state index in [4.69, 9.17) is 14.5 Å². The molecule has 160 valence electrons. The van der Waals surface area contributed by atoms with Crippen molar-refractivity contribution >= 4 is 5.96 Å². The molecular formula is C21H34N6O2. The first kappa shape index (κ1) is 22.7. The Balaban J connectivity index is 2.03. The zero-order valence-electron chi connectivity index (χ0n) is 18.5. The van der Waals surface area contributed by atoms with Gasteiger partial charge in [-0.05, 0) is 18.4 Å². The van der Waals surface area contributed by atoms with Crippen molar-refractivity contribution in [2.75, 3.05) is 33.9 Å².